The molecule has 1 heterocycles. The van der Waals surface area contributed by atoms with Crippen molar-refractivity contribution in [3.63, 3.8) is 0 Å². The van der Waals surface area contributed by atoms with Crippen molar-refractivity contribution in [2.75, 3.05) is 0 Å². The smallest absolute Gasteiger partial charge is 0.0611 e. The molecule has 4 aliphatic carbocycles. The van der Waals surface area contributed by atoms with Gasteiger partial charge >= 0.3 is 0 Å². The van der Waals surface area contributed by atoms with E-state index in [1.807, 2.05) is 0 Å². The van der Waals surface area contributed by atoms with Gasteiger partial charge in [0, 0.05) is 0 Å². The molecule has 5 rings (SSSR count). The van der Waals surface area contributed by atoms with Gasteiger partial charge in [-0.1, -0.05) is 50.2 Å². The topological polar surface area (TPSA) is 9.23 Å². The first-order chi connectivity index (χ1) is 13.4. The molecule has 7 unspecified atom stereocenters. The summed E-state index contributed by atoms with van der Waals surface area (Å²) in [5.74, 6) is 4.93. The third-order valence-electron chi connectivity index (χ3n) is 9.25. The highest BCUT2D eigenvalue weighted by molar-refractivity contribution is 5.05. The zero-order valence-electron chi connectivity index (χ0n) is 17.5. The van der Waals surface area contributed by atoms with E-state index in [9.17, 15) is 0 Å². The first-order valence-electron chi connectivity index (χ1n) is 12.7. The van der Waals surface area contributed by atoms with Gasteiger partial charge in [0.05, 0.1) is 12.2 Å². The van der Waals surface area contributed by atoms with Crippen molar-refractivity contribution in [1.29, 1.82) is 0 Å². The van der Waals surface area contributed by atoms with Crippen LogP contribution < -0.4 is 0 Å². The van der Waals surface area contributed by atoms with Gasteiger partial charge in [-0.2, -0.15) is 0 Å². The minimum Gasteiger partial charge on any atom is -0.374 e. The van der Waals surface area contributed by atoms with Gasteiger partial charge in [-0.25, -0.2) is 0 Å². The Morgan fingerprint density at radius 1 is 0.667 bits per heavy atom. The van der Waals surface area contributed by atoms with Crippen LogP contribution in [0.3, 0.4) is 0 Å². The summed E-state index contributed by atoms with van der Waals surface area (Å²) in [5.41, 5.74) is 1.80. The van der Waals surface area contributed by atoms with Crippen LogP contribution in [0, 0.1) is 29.6 Å². The number of hydrogen-bond donors (Lipinski definition) is 0. The normalized spacial score (nSPS) is 45.2. The van der Waals surface area contributed by atoms with E-state index < -0.39 is 0 Å². The number of allylic oxidation sites excluding steroid dienone is 2. The van der Waals surface area contributed by atoms with Crippen molar-refractivity contribution in [3.8, 4) is 0 Å². The van der Waals surface area contributed by atoms with E-state index in [4.69, 9.17) is 4.74 Å². The van der Waals surface area contributed by atoms with Gasteiger partial charge < -0.3 is 4.74 Å². The number of ether oxygens (including phenoxy) is 1. The summed E-state index contributed by atoms with van der Waals surface area (Å²) >= 11 is 0. The number of rotatable bonds is 3. The average molecular weight is 371 g/mol. The molecule has 1 aliphatic heterocycles. The van der Waals surface area contributed by atoms with E-state index in [1.165, 1.54) is 103 Å². The Balaban J connectivity index is 1.16. The highest BCUT2D eigenvalue weighted by atomic mass is 16.5. The summed E-state index contributed by atoms with van der Waals surface area (Å²) in [6.07, 6.45) is 28.7. The van der Waals surface area contributed by atoms with Gasteiger partial charge in [-0.15, -0.1) is 0 Å². The minimum absolute atomic E-state index is 0.643. The second-order valence-electron chi connectivity index (χ2n) is 10.8. The van der Waals surface area contributed by atoms with E-state index in [0.29, 0.717) is 12.2 Å². The highest BCUT2D eigenvalue weighted by Crippen LogP contribution is 2.51. The SMILES string of the molecule is C(CC1CCCC(C2CCC3OC4CCCCC4C3C2)C1)=C1CCCCC1. The van der Waals surface area contributed by atoms with Gasteiger partial charge in [-0.05, 0) is 100 Å². The van der Waals surface area contributed by atoms with Crippen molar-refractivity contribution in [3.05, 3.63) is 11.6 Å². The molecule has 0 aromatic rings. The van der Waals surface area contributed by atoms with E-state index in [2.05, 4.69) is 6.08 Å². The van der Waals surface area contributed by atoms with E-state index in [-0.39, 0.29) is 0 Å². The Labute approximate surface area is 167 Å². The van der Waals surface area contributed by atoms with Crippen LogP contribution in [0.4, 0.5) is 0 Å². The van der Waals surface area contributed by atoms with Crippen molar-refractivity contribution in [2.24, 2.45) is 29.6 Å². The second-order valence-corrected chi connectivity index (χ2v) is 10.8. The Morgan fingerprint density at radius 2 is 1.48 bits per heavy atom. The minimum atomic E-state index is 0.643. The molecule has 0 aromatic carbocycles. The molecule has 0 spiro atoms. The molecular weight excluding hydrogens is 328 g/mol. The zero-order valence-corrected chi connectivity index (χ0v) is 17.5. The molecule has 5 fully saturated rings. The summed E-state index contributed by atoms with van der Waals surface area (Å²) in [6.45, 7) is 0. The standard InChI is InChI=1S/C26H42O/c1-2-7-19(8-3-1)13-14-20-9-6-10-21(17-20)22-15-16-26-24(18-22)23-11-4-5-12-25(23)27-26/h13,20-26H,1-12,14-18H2. The van der Waals surface area contributed by atoms with Crippen LogP contribution >= 0.6 is 0 Å². The van der Waals surface area contributed by atoms with Crippen LogP contribution in [0.2, 0.25) is 0 Å². The lowest BCUT2D eigenvalue weighted by Crippen LogP contribution is -2.34. The molecule has 1 heteroatoms. The molecule has 0 N–H and O–H groups in total. The molecular formula is C26H42O. The Bertz CT molecular complexity index is 514. The van der Waals surface area contributed by atoms with Gasteiger partial charge in [0.1, 0.15) is 0 Å². The molecule has 0 aromatic heterocycles. The predicted octanol–water partition coefficient (Wildman–Crippen LogP) is 7.45. The zero-order chi connectivity index (χ0) is 18.1. The Morgan fingerprint density at radius 3 is 2.41 bits per heavy atom. The predicted molar refractivity (Wildman–Crippen MR) is 113 cm³/mol. The fourth-order valence-electron chi connectivity index (χ4n) is 7.79. The van der Waals surface area contributed by atoms with Gasteiger partial charge in [-0.3, -0.25) is 0 Å². The first kappa shape index (κ1) is 18.7. The number of fused-ring (bicyclic) bond motifs is 3. The molecule has 4 saturated carbocycles. The van der Waals surface area contributed by atoms with Gasteiger partial charge in [0.2, 0.25) is 0 Å². The summed E-state index contributed by atoms with van der Waals surface area (Å²) in [7, 11) is 0. The lowest BCUT2D eigenvalue weighted by molar-refractivity contribution is -0.00627. The maximum Gasteiger partial charge on any atom is 0.0611 e. The molecule has 27 heavy (non-hydrogen) atoms. The van der Waals surface area contributed by atoms with Crippen LogP contribution in [-0.4, -0.2) is 12.2 Å². The van der Waals surface area contributed by atoms with Crippen molar-refractivity contribution in [1.82, 2.24) is 0 Å². The maximum atomic E-state index is 6.52. The molecule has 0 bridgehead atoms. The third kappa shape index (κ3) is 4.19. The van der Waals surface area contributed by atoms with Crippen molar-refractivity contribution < 1.29 is 4.74 Å². The third-order valence-corrected chi connectivity index (χ3v) is 9.25. The summed E-state index contributed by atoms with van der Waals surface area (Å²) in [4.78, 5) is 0. The highest BCUT2D eigenvalue weighted by Gasteiger charge is 2.48. The molecule has 152 valence electrons. The van der Waals surface area contributed by atoms with E-state index in [0.717, 1.165) is 29.6 Å². The molecule has 1 nitrogen and oxygen atoms in total. The molecule has 0 radical (unpaired) electrons. The lowest BCUT2D eigenvalue weighted by Gasteiger charge is -2.41. The number of hydrogen-bond acceptors (Lipinski definition) is 1. The van der Waals surface area contributed by atoms with Crippen LogP contribution in [0.15, 0.2) is 11.6 Å². The van der Waals surface area contributed by atoms with E-state index >= 15 is 0 Å². The van der Waals surface area contributed by atoms with Crippen LogP contribution in [0.5, 0.6) is 0 Å². The lowest BCUT2D eigenvalue weighted by atomic mass is 9.64. The van der Waals surface area contributed by atoms with Crippen molar-refractivity contribution in [2.45, 2.75) is 121 Å². The fourth-order valence-corrected chi connectivity index (χ4v) is 7.79. The molecule has 7 atom stereocenters. The average Bonchev–Trinajstić information content (AvgIpc) is 3.11. The molecule has 0 amide bonds. The van der Waals surface area contributed by atoms with Crippen LogP contribution in [0.25, 0.3) is 0 Å². The van der Waals surface area contributed by atoms with Crippen LogP contribution in [0.1, 0.15) is 109 Å². The second kappa shape index (κ2) is 8.60. The van der Waals surface area contributed by atoms with E-state index in [1.54, 1.807) is 12.0 Å². The fraction of sp³-hybridized carbons (Fsp3) is 0.923. The quantitative estimate of drug-likeness (QED) is 0.469. The Kier molecular flexibility index (Phi) is 5.96. The maximum absolute atomic E-state index is 6.52. The Hall–Kier alpha value is -0.300. The largest absolute Gasteiger partial charge is 0.374 e. The summed E-state index contributed by atoms with van der Waals surface area (Å²) < 4.78 is 6.52. The first-order valence-corrected chi connectivity index (χ1v) is 12.7. The summed E-state index contributed by atoms with van der Waals surface area (Å²) in [6, 6.07) is 0. The van der Waals surface area contributed by atoms with Crippen LogP contribution in [-0.2, 0) is 4.74 Å². The summed E-state index contributed by atoms with van der Waals surface area (Å²) in [5, 5.41) is 0. The molecule has 5 aliphatic rings. The monoisotopic (exact) mass is 370 g/mol. The van der Waals surface area contributed by atoms with Gasteiger partial charge in [0.25, 0.3) is 0 Å². The molecule has 1 saturated heterocycles. The van der Waals surface area contributed by atoms with Gasteiger partial charge in [0.15, 0.2) is 0 Å². The van der Waals surface area contributed by atoms with Crippen molar-refractivity contribution >= 4 is 0 Å².